The molecule has 0 bridgehead atoms. The van der Waals surface area contributed by atoms with Crippen LogP contribution in [0.15, 0.2) is 0 Å². The van der Waals surface area contributed by atoms with Crippen LogP contribution in [-0.4, -0.2) is 66.7 Å². The van der Waals surface area contributed by atoms with Gasteiger partial charge in [-0.25, -0.2) is 4.79 Å². The zero-order chi connectivity index (χ0) is 15.0. The predicted molar refractivity (Wildman–Crippen MR) is 76.1 cm³/mol. The molecule has 0 atom stereocenters. The largest absolute Gasteiger partial charge is 0.467 e. The number of hydrogen-bond donors (Lipinski definition) is 3. The Morgan fingerprint density at radius 3 is 2.35 bits per heavy atom. The fraction of sp³-hybridized carbons (Fsp3) is 0.636. The van der Waals surface area contributed by atoms with E-state index in [1.54, 1.807) is 14.1 Å². The quantitative estimate of drug-likeness (QED) is 0.605. The topological polar surface area (TPSA) is 104 Å². The van der Waals surface area contributed by atoms with Gasteiger partial charge in [0.05, 0.1) is 7.11 Å². The van der Waals surface area contributed by atoms with Crippen molar-refractivity contribution >= 4 is 17.9 Å². The molecule has 0 saturated heterocycles. The first-order chi connectivity index (χ1) is 9.56. The molecule has 1 rings (SSSR count). The van der Waals surface area contributed by atoms with E-state index in [-0.39, 0.29) is 12.0 Å². The Hall–Kier alpha value is -2.32. The molecule has 3 N–H and O–H groups in total. The number of aromatic nitrogens is 3. The monoisotopic (exact) mass is 283 g/mol. The molecule has 0 saturated carbocycles. The zero-order valence-electron chi connectivity index (χ0n) is 12.2. The van der Waals surface area contributed by atoms with Crippen LogP contribution in [-0.2, 0) is 0 Å². The summed E-state index contributed by atoms with van der Waals surface area (Å²) in [6, 6.07) is 0.0872. The number of nitrogens with one attached hydrogen (secondary N) is 3. The Labute approximate surface area is 118 Å². The third-order valence-corrected chi connectivity index (χ3v) is 2.22. The van der Waals surface area contributed by atoms with Crippen LogP contribution in [0, 0.1) is 0 Å². The van der Waals surface area contributed by atoms with Crippen LogP contribution in [0.2, 0.25) is 0 Å². The van der Waals surface area contributed by atoms with E-state index in [0.29, 0.717) is 31.5 Å². The average Bonchev–Trinajstić information content (AvgIpc) is 2.43. The molecule has 0 radical (unpaired) electrons. The smallest absolute Gasteiger partial charge is 0.322 e. The molecule has 0 unspecified atom stereocenters. The first-order valence-electron chi connectivity index (χ1n) is 6.29. The van der Waals surface area contributed by atoms with E-state index in [9.17, 15) is 4.79 Å². The van der Waals surface area contributed by atoms with Crippen molar-refractivity contribution in [1.29, 1.82) is 0 Å². The Bertz CT molecular complexity index is 439. The van der Waals surface area contributed by atoms with E-state index in [1.807, 2.05) is 6.92 Å². The second-order valence-electron chi connectivity index (χ2n) is 4.05. The molecule has 2 amide bonds. The third-order valence-electron chi connectivity index (χ3n) is 2.22. The highest BCUT2D eigenvalue weighted by Gasteiger charge is 2.06. The SMILES string of the molecule is CCNc1nc(NCCNC(=O)N(C)C)nc(OC)n1. The summed E-state index contributed by atoms with van der Waals surface area (Å²) < 4.78 is 5.00. The van der Waals surface area contributed by atoms with Crippen molar-refractivity contribution < 1.29 is 9.53 Å². The van der Waals surface area contributed by atoms with Crippen molar-refractivity contribution in [1.82, 2.24) is 25.2 Å². The van der Waals surface area contributed by atoms with Crippen molar-refractivity contribution in [2.24, 2.45) is 0 Å². The Balaban J connectivity index is 2.50. The number of nitrogens with zero attached hydrogens (tertiary/aromatic N) is 4. The van der Waals surface area contributed by atoms with E-state index in [0.717, 1.165) is 0 Å². The summed E-state index contributed by atoms with van der Waals surface area (Å²) in [6.45, 7) is 3.60. The van der Waals surface area contributed by atoms with Gasteiger partial charge in [0.2, 0.25) is 11.9 Å². The summed E-state index contributed by atoms with van der Waals surface area (Å²) in [5.41, 5.74) is 0. The van der Waals surface area contributed by atoms with E-state index in [2.05, 4.69) is 30.9 Å². The minimum Gasteiger partial charge on any atom is -0.467 e. The lowest BCUT2D eigenvalue weighted by Gasteiger charge is -2.12. The molecular weight excluding hydrogens is 262 g/mol. The molecule has 0 spiro atoms. The molecule has 0 aliphatic carbocycles. The maximum absolute atomic E-state index is 11.3. The number of carbonyl (C=O) groups excluding carboxylic acids is 1. The number of urea groups is 1. The molecule has 0 fully saturated rings. The molecule has 0 aliphatic rings. The van der Waals surface area contributed by atoms with Gasteiger partial charge < -0.3 is 25.6 Å². The van der Waals surface area contributed by atoms with E-state index in [4.69, 9.17) is 4.74 Å². The second kappa shape index (κ2) is 7.97. The maximum Gasteiger partial charge on any atom is 0.322 e. The van der Waals surface area contributed by atoms with Gasteiger partial charge in [-0.15, -0.1) is 0 Å². The fourth-order valence-electron chi connectivity index (χ4n) is 1.27. The molecule has 0 aromatic carbocycles. The van der Waals surface area contributed by atoms with Gasteiger partial charge in [0.15, 0.2) is 0 Å². The lowest BCUT2D eigenvalue weighted by atomic mass is 10.6. The van der Waals surface area contributed by atoms with Crippen LogP contribution in [0.25, 0.3) is 0 Å². The molecule has 9 heteroatoms. The highest BCUT2D eigenvalue weighted by Crippen LogP contribution is 2.09. The number of methoxy groups -OCH3 is 1. The Kier molecular flexibility index (Phi) is 6.27. The van der Waals surface area contributed by atoms with Crippen LogP contribution in [0.4, 0.5) is 16.7 Å². The van der Waals surface area contributed by atoms with Gasteiger partial charge >= 0.3 is 12.0 Å². The number of amides is 2. The summed E-state index contributed by atoms with van der Waals surface area (Å²) >= 11 is 0. The molecule has 1 aromatic heterocycles. The van der Waals surface area contributed by atoms with Gasteiger partial charge in [0.25, 0.3) is 0 Å². The summed E-state index contributed by atoms with van der Waals surface area (Å²) in [4.78, 5) is 25.1. The summed E-state index contributed by atoms with van der Waals surface area (Å²) in [5, 5.41) is 8.71. The normalized spacial score (nSPS) is 9.80. The Morgan fingerprint density at radius 1 is 1.15 bits per heavy atom. The van der Waals surface area contributed by atoms with Crippen molar-refractivity contribution in [2.45, 2.75) is 6.92 Å². The standard InChI is InChI=1S/C11H21N7O2/c1-5-12-8-15-9(17-10(16-8)20-4)13-6-7-14-11(19)18(2)3/h5-7H2,1-4H3,(H,14,19)(H2,12,13,15,16,17). The fourth-order valence-corrected chi connectivity index (χ4v) is 1.27. The van der Waals surface area contributed by atoms with E-state index < -0.39 is 0 Å². The second-order valence-corrected chi connectivity index (χ2v) is 4.05. The van der Waals surface area contributed by atoms with Crippen molar-refractivity contribution in [3.05, 3.63) is 0 Å². The number of carbonyl (C=O) groups is 1. The summed E-state index contributed by atoms with van der Waals surface area (Å²) in [5.74, 6) is 0.839. The van der Waals surface area contributed by atoms with Crippen LogP contribution in [0.5, 0.6) is 6.01 Å². The molecule has 20 heavy (non-hydrogen) atoms. The van der Waals surface area contributed by atoms with Gasteiger partial charge in [0, 0.05) is 33.7 Å². The predicted octanol–water partition coefficient (Wildman–Crippen LogP) is -0.00490. The number of hydrogen-bond acceptors (Lipinski definition) is 7. The zero-order valence-corrected chi connectivity index (χ0v) is 12.2. The van der Waals surface area contributed by atoms with Gasteiger partial charge in [-0.05, 0) is 6.92 Å². The molecule has 0 aliphatic heterocycles. The van der Waals surface area contributed by atoms with Gasteiger partial charge in [-0.3, -0.25) is 0 Å². The first-order valence-corrected chi connectivity index (χ1v) is 6.29. The highest BCUT2D eigenvalue weighted by molar-refractivity contribution is 5.73. The highest BCUT2D eigenvalue weighted by atomic mass is 16.5. The van der Waals surface area contributed by atoms with Gasteiger partial charge in [-0.2, -0.15) is 15.0 Å². The molecule has 1 aromatic rings. The van der Waals surface area contributed by atoms with E-state index in [1.165, 1.54) is 12.0 Å². The summed E-state index contributed by atoms with van der Waals surface area (Å²) in [6.07, 6.45) is 0. The number of rotatable bonds is 7. The average molecular weight is 283 g/mol. The molecule has 9 nitrogen and oxygen atoms in total. The maximum atomic E-state index is 11.3. The third kappa shape index (κ3) is 5.12. The number of ether oxygens (including phenoxy) is 1. The van der Waals surface area contributed by atoms with Crippen LogP contribution in [0.3, 0.4) is 0 Å². The van der Waals surface area contributed by atoms with Crippen LogP contribution in [0.1, 0.15) is 6.92 Å². The molecular formula is C11H21N7O2. The van der Waals surface area contributed by atoms with Crippen molar-refractivity contribution in [3.8, 4) is 6.01 Å². The molecule has 112 valence electrons. The van der Waals surface area contributed by atoms with Crippen LogP contribution < -0.4 is 20.7 Å². The minimum absolute atomic E-state index is 0.145. The lowest BCUT2D eigenvalue weighted by molar-refractivity contribution is 0.218. The van der Waals surface area contributed by atoms with Gasteiger partial charge in [-0.1, -0.05) is 0 Å². The summed E-state index contributed by atoms with van der Waals surface area (Å²) in [7, 11) is 4.86. The van der Waals surface area contributed by atoms with E-state index >= 15 is 0 Å². The molecule has 1 heterocycles. The Morgan fingerprint density at radius 2 is 1.80 bits per heavy atom. The lowest BCUT2D eigenvalue weighted by Crippen LogP contribution is -2.37. The van der Waals surface area contributed by atoms with Crippen molar-refractivity contribution in [3.63, 3.8) is 0 Å². The van der Waals surface area contributed by atoms with Gasteiger partial charge in [0.1, 0.15) is 0 Å². The van der Waals surface area contributed by atoms with Crippen molar-refractivity contribution in [2.75, 3.05) is 51.5 Å². The first kappa shape index (κ1) is 15.7. The number of anilines is 2. The minimum atomic E-state index is -0.145. The van der Waals surface area contributed by atoms with Crippen LogP contribution >= 0.6 is 0 Å².